The minimum atomic E-state index is -2.16. The Labute approximate surface area is 231 Å². The van der Waals surface area contributed by atoms with E-state index < -0.39 is 64.8 Å². The molecular weight excluding hydrogens is 500 g/mol. The molecule has 0 saturated heterocycles. The molecule has 2 fully saturated rings. The highest BCUT2D eigenvalue weighted by Gasteiger charge is 2.83. The fourth-order valence-corrected chi connectivity index (χ4v) is 8.29. The summed E-state index contributed by atoms with van der Waals surface area (Å²) in [6.45, 7) is 12.5. The molecule has 0 aliphatic heterocycles. The predicted octanol–water partition coefficient (Wildman–Crippen LogP) is 3.37. The van der Waals surface area contributed by atoms with Crippen molar-refractivity contribution in [2.75, 3.05) is 6.61 Å². The third-order valence-corrected chi connectivity index (χ3v) is 10.5. The Bertz CT molecular complexity index is 1100. The fourth-order valence-electron chi connectivity index (χ4n) is 8.29. The van der Waals surface area contributed by atoms with Crippen molar-refractivity contribution < 1.29 is 39.5 Å². The third-order valence-electron chi connectivity index (χ3n) is 10.5. The van der Waals surface area contributed by atoms with Crippen molar-refractivity contribution >= 4 is 11.9 Å². The van der Waals surface area contributed by atoms with E-state index >= 15 is 0 Å². The molecule has 2 bridgehead atoms. The van der Waals surface area contributed by atoms with Gasteiger partial charge in [-0.25, -0.2) is 4.79 Å². The Morgan fingerprint density at radius 1 is 1.21 bits per heavy atom. The standard InChI is InChI=1S/C31H46O8/c1-8-10-11-12-22(33)39-30-15-19(5)29-14-18(4)26(38-27(36)17(3)9-2)31(29,37)24(34)20(16-32)13-21(25(29)35)23(30)28(30,6)7/h9,13-14,19,21,23-26,32,34-35,37H,8,10-12,15-16H2,1-7H3/b17-9+/t19-,21+,23-,24-,25?,26+,29+,30+,31+/m1/s1. The van der Waals surface area contributed by atoms with Gasteiger partial charge in [0.15, 0.2) is 6.10 Å². The van der Waals surface area contributed by atoms with Gasteiger partial charge in [0.05, 0.1) is 18.1 Å². The molecular formula is C31H46O8. The lowest BCUT2D eigenvalue weighted by atomic mass is 9.58. The summed E-state index contributed by atoms with van der Waals surface area (Å²) in [6.07, 6.45) is 4.28. The molecule has 8 nitrogen and oxygen atoms in total. The van der Waals surface area contributed by atoms with Gasteiger partial charge >= 0.3 is 11.9 Å². The minimum absolute atomic E-state index is 0.148. The monoisotopic (exact) mass is 546 g/mol. The van der Waals surface area contributed by atoms with Crippen molar-refractivity contribution in [3.63, 3.8) is 0 Å². The molecule has 0 aromatic heterocycles. The van der Waals surface area contributed by atoms with E-state index in [0.29, 0.717) is 24.0 Å². The van der Waals surface area contributed by atoms with Crippen molar-refractivity contribution in [1.82, 2.24) is 0 Å². The molecule has 0 aromatic rings. The highest BCUT2D eigenvalue weighted by molar-refractivity contribution is 5.88. The molecule has 1 unspecified atom stereocenters. The predicted molar refractivity (Wildman–Crippen MR) is 145 cm³/mol. The first-order valence-electron chi connectivity index (χ1n) is 14.4. The van der Waals surface area contributed by atoms with Gasteiger partial charge < -0.3 is 29.9 Å². The summed E-state index contributed by atoms with van der Waals surface area (Å²) in [4.78, 5) is 25.9. The number of ether oxygens (including phenoxy) is 2. The highest BCUT2D eigenvalue weighted by atomic mass is 16.6. The SMILES string of the molecule is C/C=C(\C)C(=O)O[C@H]1C(C)=C[C@]23C(O)[C@@H](C=C(CO)[C@@H](O)[C@]12O)[C@@H]1C(C)(C)[C@]1(OC(=O)CCCCC)C[C@H]3C. The largest absolute Gasteiger partial charge is 0.458 e. The topological polar surface area (TPSA) is 134 Å². The van der Waals surface area contributed by atoms with Crippen molar-refractivity contribution in [2.45, 2.75) is 110 Å². The number of aliphatic hydroxyl groups excluding tert-OH is 3. The van der Waals surface area contributed by atoms with Crippen molar-refractivity contribution in [3.05, 3.63) is 34.9 Å². The van der Waals surface area contributed by atoms with Crippen LogP contribution >= 0.6 is 0 Å². The minimum Gasteiger partial charge on any atom is -0.458 e. The van der Waals surface area contributed by atoms with Crippen LogP contribution in [-0.4, -0.2) is 68.5 Å². The number of carbonyl (C=O) groups is 2. The quantitative estimate of drug-likeness (QED) is 0.158. The normalized spacial score (nSPS) is 42.3. The zero-order valence-corrected chi connectivity index (χ0v) is 24.4. The molecule has 0 aromatic carbocycles. The van der Waals surface area contributed by atoms with Crippen LogP contribution in [0.3, 0.4) is 0 Å². The van der Waals surface area contributed by atoms with Crippen LogP contribution in [0.2, 0.25) is 0 Å². The lowest BCUT2D eigenvalue weighted by Crippen LogP contribution is -2.67. The van der Waals surface area contributed by atoms with E-state index in [1.807, 2.05) is 20.8 Å². The Hall–Kier alpha value is -2.00. The molecule has 4 N–H and O–H groups in total. The second-order valence-electron chi connectivity index (χ2n) is 12.9. The van der Waals surface area contributed by atoms with Crippen molar-refractivity contribution in [1.29, 1.82) is 0 Å². The summed E-state index contributed by atoms with van der Waals surface area (Å²) in [6, 6.07) is 0. The van der Waals surface area contributed by atoms with E-state index in [1.165, 1.54) is 0 Å². The summed E-state index contributed by atoms with van der Waals surface area (Å²) < 4.78 is 12.1. The highest BCUT2D eigenvalue weighted by Crippen LogP contribution is 2.76. The van der Waals surface area contributed by atoms with Gasteiger partial charge in [0.25, 0.3) is 0 Å². The zero-order valence-electron chi connectivity index (χ0n) is 24.4. The van der Waals surface area contributed by atoms with Crippen LogP contribution in [0, 0.1) is 28.6 Å². The van der Waals surface area contributed by atoms with Gasteiger partial charge in [-0.15, -0.1) is 0 Å². The van der Waals surface area contributed by atoms with Crippen LogP contribution in [0.25, 0.3) is 0 Å². The van der Waals surface area contributed by atoms with Gasteiger partial charge in [0, 0.05) is 29.2 Å². The fraction of sp³-hybridized carbons (Fsp3) is 0.742. The zero-order chi connectivity index (χ0) is 29.1. The number of hydrogen-bond acceptors (Lipinski definition) is 8. The summed E-state index contributed by atoms with van der Waals surface area (Å²) >= 11 is 0. The van der Waals surface area contributed by atoms with E-state index in [-0.39, 0.29) is 17.5 Å². The number of unbranched alkanes of at least 4 members (excludes halogenated alkanes) is 2. The van der Waals surface area contributed by atoms with Gasteiger partial charge in [-0.05, 0) is 50.7 Å². The first kappa shape index (κ1) is 30.0. The number of allylic oxidation sites excluding steroid dienone is 1. The van der Waals surface area contributed by atoms with Gasteiger partial charge in [-0.2, -0.15) is 0 Å². The molecule has 39 heavy (non-hydrogen) atoms. The Balaban J connectivity index is 1.84. The maximum Gasteiger partial charge on any atom is 0.334 e. The Morgan fingerprint density at radius 3 is 2.46 bits per heavy atom. The van der Waals surface area contributed by atoms with Crippen molar-refractivity contribution in [3.8, 4) is 0 Å². The summed E-state index contributed by atoms with van der Waals surface area (Å²) in [5, 5.41) is 46.8. The average Bonchev–Trinajstić information content (AvgIpc) is 3.28. The van der Waals surface area contributed by atoms with Gasteiger partial charge in [0.2, 0.25) is 0 Å². The molecule has 8 heteroatoms. The molecule has 0 radical (unpaired) electrons. The molecule has 4 rings (SSSR count). The number of carbonyl (C=O) groups excluding carboxylic acids is 2. The van der Waals surface area contributed by atoms with Gasteiger partial charge in [-0.1, -0.05) is 58.8 Å². The van der Waals surface area contributed by atoms with Crippen LogP contribution in [0.15, 0.2) is 34.9 Å². The van der Waals surface area contributed by atoms with Gasteiger partial charge in [-0.3, -0.25) is 4.79 Å². The number of fused-ring (bicyclic) bond motifs is 3. The lowest BCUT2D eigenvalue weighted by molar-refractivity contribution is -0.224. The molecule has 0 amide bonds. The van der Waals surface area contributed by atoms with Crippen LogP contribution in [0.1, 0.15) is 80.6 Å². The molecule has 0 heterocycles. The summed E-state index contributed by atoms with van der Waals surface area (Å²) in [5.74, 6) is -2.33. The maximum atomic E-state index is 13.0. The van der Waals surface area contributed by atoms with E-state index in [1.54, 1.807) is 39.0 Å². The number of aliphatic hydroxyl groups is 4. The van der Waals surface area contributed by atoms with Crippen LogP contribution < -0.4 is 0 Å². The third kappa shape index (κ3) is 4.00. The maximum absolute atomic E-state index is 13.0. The van der Waals surface area contributed by atoms with Crippen LogP contribution in [-0.2, 0) is 19.1 Å². The molecule has 218 valence electrons. The smallest absolute Gasteiger partial charge is 0.334 e. The van der Waals surface area contributed by atoms with Crippen LogP contribution in [0.4, 0.5) is 0 Å². The molecule has 4 aliphatic rings. The van der Waals surface area contributed by atoms with E-state index in [4.69, 9.17) is 9.47 Å². The van der Waals surface area contributed by atoms with E-state index in [9.17, 15) is 30.0 Å². The molecule has 4 aliphatic carbocycles. The first-order valence-corrected chi connectivity index (χ1v) is 14.4. The number of rotatable bonds is 8. The Kier molecular flexibility index (Phi) is 7.78. The second-order valence-corrected chi connectivity index (χ2v) is 12.9. The average molecular weight is 547 g/mol. The molecule has 9 atom stereocenters. The lowest BCUT2D eigenvalue weighted by Gasteiger charge is -2.52. The summed E-state index contributed by atoms with van der Waals surface area (Å²) in [7, 11) is 0. The van der Waals surface area contributed by atoms with Crippen molar-refractivity contribution in [2.24, 2.45) is 28.6 Å². The Morgan fingerprint density at radius 2 is 1.87 bits per heavy atom. The molecule has 2 saturated carbocycles. The van der Waals surface area contributed by atoms with Gasteiger partial charge in [0.1, 0.15) is 17.3 Å². The second kappa shape index (κ2) is 10.1. The molecule has 1 spiro atoms. The number of esters is 2. The van der Waals surface area contributed by atoms with E-state index in [2.05, 4.69) is 6.92 Å². The number of hydrogen-bond donors (Lipinski definition) is 4. The van der Waals surface area contributed by atoms with E-state index in [0.717, 1.165) is 19.3 Å². The first-order chi connectivity index (χ1) is 18.2. The summed E-state index contributed by atoms with van der Waals surface area (Å²) in [5.41, 5.74) is -3.95. The van der Waals surface area contributed by atoms with Crippen LogP contribution in [0.5, 0.6) is 0 Å².